The third kappa shape index (κ3) is 3.25. The third-order valence-corrected chi connectivity index (χ3v) is 3.46. The maximum atomic E-state index is 6.10. The van der Waals surface area contributed by atoms with Gasteiger partial charge >= 0.3 is 0 Å². The summed E-state index contributed by atoms with van der Waals surface area (Å²) in [6.45, 7) is 2.76. The standard InChI is InChI=1S/C11H14Cl2N2.ClH/c12-10-2-1-3-11(13)9(10)7-15-5-4-8(14)6-15;/h1-3,8H,4-7,14H2;1H/t8-;/m0./s1. The molecule has 2 N–H and O–H groups in total. The minimum absolute atomic E-state index is 0. The van der Waals surface area contributed by atoms with Crippen LogP contribution in [-0.2, 0) is 6.54 Å². The number of hydrogen-bond donors (Lipinski definition) is 1. The van der Waals surface area contributed by atoms with Gasteiger partial charge < -0.3 is 5.73 Å². The van der Waals surface area contributed by atoms with Crippen molar-refractivity contribution >= 4 is 35.6 Å². The lowest BCUT2D eigenvalue weighted by atomic mass is 10.2. The van der Waals surface area contributed by atoms with Crippen molar-refractivity contribution in [2.75, 3.05) is 13.1 Å². The fourth-order valence-electron chi connectivity index (χ4n) is 1.91. The molecule has 1 atom stereocenters. The van der Waals surface area contributed by atoms with Gasteiger partial charge in [0.25, 0.3) is 0 Å². The molecule has 0 unspecified atom stereocenters. The topological polar surface area (TPSA) is 29.3 Å². The highest BCUT2D eigenvalue weighted by molar-refractivity contribution is 6.35. The van der Waals surface area contributed by atoms with Gasteiger partial charge in [0.05, 0.1) is 0 Å². The van der Waals surface area contributed by atoms with Crippen LogP contribution >= 0.6 is 35.6 Å². The van der Waals surface area contributed by atoms with E-state index in [0.717, 1.165) is 41.7 Å². The van der Waals surface area contributed by atoms with E-state index in [0.29, 0.717) is 6.04 Å². The zero-order valence-electron chi connectivity index (χ0n) is 8.83. The highest BCUT2D eigenvalue weighted by Gasteiger charge is 2.20. The minimum Gasteiger partial charge on any atom is -0.326 e. The number of hydrogen-bond acceptors (Lipinski definition) is 2. The molecule has 90 valence electrons. The van der Waals surface area contributed by atoms with Gasteiger partial charge in [-0.05, 0) is 18.6 Å². The Labute approximate surface area is 112 Å². The SMILES string of the molecule is Cl.N[C@H]1CCN(Cc2c(Cl)cccc2Cl)C1. The maximum Gasteiger partial charge on any atom is 0.0465 e. The Kier molecular flexibility index (Phi) is 5.35. The summed E-state index contributed by atoms with van der Waals surface area (Å²) in [5, 5.41) is 1.48. The Morgan fingerprint density at radius 3 is 2.44 bits per heavy atom. The summed E-state index contributed by atoms with van der Waals surface area (Å²) in [7, 11) is 0. The smallest absolute Gasteiger partial charge is 0.0465 e. The molecule has 16 heavy (non-hydrogen) atoms. The van der Waals surface area contributed by atoms with Crippen LogP contribution in [-0.4, -0.2) is 24.0 Å². The number of benzene rings is 1. The molecule has 0 radical (unpaired) electrons. The second kappa shape index (κ2) is 6.08. The second-order valence-electron chi connectivity index (χ2n) is 3.98. The van der Waals surface area contributed by atoms with Gasteiger partial charge in [-0.3, -0.25) is 4.90 Å². The molecule has 1 fully saturated rings. The largest absolute Gasteiger partial charge is 0.326 e. The molecule has 1 saturated heterocycles. The molecule has 0 bridgehead atoms. The summed E-state index contributed by atoms with van der Waals surface area (Å²) in [5.41, 5.74) is 6.86. The molecule has 2 nitrogen and oxygen atoms in total. The lowest BCUT2D eigenvalue weighted by Gasteiger charge is -2.16. The maximum absolute atomic E-state index is 6.10. The number of likely N-dealkylation sites (tertiary alicyclic amines) is 1. The van der Waals surface area contributed by atoms with E-state index >= 15 is 0 Å². The predicted octanol–water partition coefficient (Wildman–Crippen LogP) is 2.95. The van der Waals surface area contributed by atoms with Gasteiger partial charge in [0.15, 0.2) is 0 Å². The van der Waals surface area contributed by atoms with Gasteiger partial charge in [-0.15, -0.1) is 12.4 Å². The van der Waals surface area contributed by atoms with Crippen molar-refractivity contribution < 1.29 is 0 Å². The molecule has 0 amide bonds. The summed E-state index contributed by atoms with van der Waals surface area (Å²) in [6.07, 6.45) is 1.06. The monoisotopic (exact) mass is 280 g/mol. The first-order valence-corrected chi connectivity index (χ1v) is 5.83. The first kappa shape index (κ1) is 14.1. The molecule has 1 aromatic carbocycles. The molecule has 1 aromatic rings. The summed E-state index contributed by atoms with van der Waals surface area (Å²) < 4.78 is 0. The average molecular weight is 282 g/mol. The molecular weight excluding hydrogens is 266 g/mol. The van der Waals surface area contributed by atoms with E-state index in [4.69, 9.17) is 28.9 Å². The molecule has 0 aromatic heterocycles. The number of halogens is 3. The lowest BCUT2D eigenvalue weighted by Crippen LogP contribution is -2.26. The first-order valence-electron chi connectivity index (χ1n) is 5.07. The Morgan fingerprint density at radius 2 is 1.94 bits per heavy atom. The van der Waals surface area contributed by atoms with Crippen molar-refractivity contribution in [2.45, 2.75) is 19.0 Å². The van der Waals surface area contributed by atoms with Crippen molar-refractivity contribution in [2.24, 2.45) is 5.73 Å². The molecule has 0 aliphatic carbocycles. The van der Waals surface area contributed by atoms with Crippen molar-refractivity contribution in [3.05, 3.63) is 33.8 Å². The lowest BCUT2D eigenvalue weighted by molar-refractivity contribution is 0.327. The summed E-state index contributed by atoms with van der Waals surface area (Å²) in [4.78, 5) is 2.29. The van der Waals surface area contributed by atoms with E-state index in [1.54, 1.807) is 0 Å². The summed E-state index contributed by atoms with van der Waals surface area (Å²) in [6, 6.07) is 5.91. The number of rotatable bonds is 2. The van der Waals surface area contributed by atoms with Crippen LogP contribution in [0, 0.1) is 0 Å². The fourth-order valence-corrected chi connectivity index (χ4v) is 2.43. The Morgan fingerprint density at radius 1 is 1.31 bits per heavy atom. The first-order chi connectivity index (χ1) is 7.16. The van der Waals surface area contributed by atoms with Crippen LogP contribution in [0.1, 0.15) is 12.0 Å². The van der Waals surface area contributed by atoms with Crippen molar-refractivity contribution in [3.63, 3.8) is 0 Å². The van der Waals surface area contributed by atoms with Gasteiger partial charge in [0.2, 0.25) is 0 Å². The van der Waals surface area contributed by atoms with Crippen LogP contribution in [0.4, 0.5) is 0 Å². The molecule has 2 rings (SSSR count). The van der Waals surface area contributed by atoms with Gasteiger partial charge in [0, 0.05) is 41.3 Å². The second-order valence-corrected chi connectivity index (χ2v) is 4.80. The van der Waals surface area contributed by atoms with E-state index in [2.05, 4.69) is 4.90 Å². The third-order valence-electron chi connectivity index (χ3n) is 2.75. The highest BCUT2D eigenvalue weighted by atomic mass is 35.5. The molecule has 0 spiro atoms. The van der Waals surface area contributed by atoms with Crippen LogP contribution in [0.5, 0.6) is 0 Å². The Balaban J connectivity index is 0.00000128. The van der Waals surface area contributed by atoms with E-state index in [1.807, 2.05) is 18.2 Å². The van der Waals surface area contributed by atoms with E-state index in [9.17, 15) is 0 Å². The number of nitrogens with two attached hydrogens (primary N) is 1. The predicted molar refractivity (Wildman–Crippen MR) is 71.6 cm³/mol. The zero-order chi connectivity index (χ0) is 10.8. The van der Waals surface area contributed by atoms with Crippen LogP contribution in [0.3, 0.4) is 0 Å². The fraction of sp³-hybridized carbons (Fsp3) is 0.455. The molecule has 0 saturated carbocycles. The summed E-state index contributed by atoms with van der Waals surface area (Å²) in [5.74, 6) is 0. The van der Waals surface area contributed by atoms with Crippen LogP contribution in [0.25, 0.3) is 0 Å². The summed E-state index contributed by atoms with van der Waals surface area (Å²) >= 11 is 12.2. The van der Waals surface area contributed by atoms with Crippen molar-refractivity contribution in [1.29, 1.82) is 0 Å². The van der Waals surface area contributed by atoms with Gasteiger partial charge in [-0.25, -0.2) is 0 Å². The van der Waals surface area contributed by atoms with Gasteiger partial charge in [0.1, 0.15) is 0 Å². The highest BCUT2D eigenvalue weighted by Crippen LogP contribution is 2.26. The Bertz CT molecular complexity index is 337. The van der Waals surface area contributed by atoms with E-state index < -0.39 is 0 Å². The molecular formula is C11H15Cl3N2. The van der Waals surface area contributed by atoms with E-state index in [1.165, 1.54) is 0 Å². The zero-order valence-corrected chi connectivity index (χ0v) is 11.2. The Hall–Kier alpha value is 0.01000. The van der Waals surface area contributed by atoms with E-state index in [-0.39, 0.29) is 12.4 Å². The van der Waals surface area contributed by atoms with Crippen LogP contribution < -0.4 is 5.73 Å². The van der Waals surface area contributed by atoms with Gasteiger partial charge in [-0.2, -0.15) is 0 Å². The molecule has 1 heterocycles. The number of nitrogens with zero attached hydrogens (tertiary/aromatic N) is 1. The van der Waals surface area contributed by atoms with Crippen molar-refractivity contribution in [1.82, 2.24) is 4.90 Å². The van der Waals surface area contributed by atoms with Crippen LogP contribution in [0.15, 0.2) is 18.2 Å². The van der Waals surface area contributed by atoms with Gasteiger partial charge in [-0.1, -0.05) is 29.3 Å². The molecule has 1 aliphatic heterocycles. The minimum atomic E-state index is 0. The van der Waals surface area contributed by atoms with Crippen molar-refractivity contribution in [3.8, 4) is 0 Å². The quantitative estimate of drug-likeness (QED) is 0.903. The normalized spacial score (nSPS) is 20.8. The molecule has 1 aliphatic rings. The average Bonchev–Trinajstić information content (AvgIpc) is 2.58. The molecule has 5 heteroatoms. The van der Waals surface area contributed by atoms with Crippen LogP contribution in [0.2, 0.25) is 10.0 Å².